The predicted octanol–water partition coefficient (Wildman–Crippen LogP) is 5.77. The van der Waals surface area contributed by atoms with Crippen LogP contribution >= 0.6 is 27.7 Å². The molecule has 5 aromatic rings. The number of fused-ring (bicyclic) bond motifs is 1. The maximum absolute atomic E-state index is 12.2. The Morgan fingerprint density at radius 2 is 1.81 bits per heavy atom. The molecule has 32 heavy (non-hydrogen) atoms. The van der Waals surface area contributed by atoms with E-state index in [0.29, 0.717) is 11.1 Å². The topological polar surface area (TPSA) is 96.7 Å². The summed E-state index contributed by atoms with van der Waals surface area (Å²) in [4.78, 5) is 20.1. The molecular weight excluding hydrogens is 490 g/mol. The Kier molecular flexibility index (Phi) is 5.74. The van der Waals surface area contributed by atoms with Crippen LogP contribution in [0.4, 0.5) is 5.69 Å². The molecule has 3 aromatic carbocycles. The van der Waals surface area contributed by atoms with Crippen molar-refractivity contribution in [2.24, 2.45) is 0 Å². The van der Waals surface area contributed by atoms with Crippen LogP contribution < -0.4 is 5.32 Å². The molecular formula is C23H16BrN5O2S. The second-order valence-corrected chi connectivity index (χ2v) is 8.74. The number of hydrogen-bond donors (Lipinski definition) is 2. The highest BCUT2D eigenvalue weighted by molar-refractivity contribution is 9.10. The third kappa shape index (κ3) is 4.58. The van der Waals surface area contributed by atoms with Crippen molar-refractivity contribution in [3.8, 4) is 22.8 Å². The molecule has 158 valence electrons. The predicted molar refractivity (Wildman–Crippen MR) is 128 cm³/mol. The van der Waals surface area contributed by atoms with E-state index in [2.05, 4.69) is 41.4 Å². The standard InChI is InChI=1S/C23H16BrN5O2S/c24-16-7-9-17(10-8-16)25-20(30)13-32-23-29-28-22(31-23)15-6-11-18-19(12-15)27-21(26-18)14-4-2-1-3-5-14/h1-12H,13H2,(H,25,30)(H,26,27). The van der Waals surface area contributed by atoms with Crippen molar-refractivity contribution in [2.45, 2.75) is 5.22 Å². The molecule has 0 unspecified atom stereocenters. The van der Waals surface area contributed by atoms with Gasteiger partial charge < -0.3 is 14.7 Å². The maximum atomic E-state index is 12.2. The summed E-state index contributed by atoms with van der Waals surface area (Å²) >= 11 is 4.56. The third-order valence-electron chi connectivity index (χ3n) is 4.64. The molecule has 5 rings (SSSR count). The molecule has 7 nitrogen and oxygen atoms in total. The monoisotopic (exact) mass is 505 g/mol. The number of aromatic amines is 1. The SMILES string of the molecule is O=C(CSc1nnc(-c2ccc3nc(-c4ccccc4)[nH]c3c2)o1)Nc1ccc(Br)cc1. The lowest BCUT2D eigenvalue weighted by atomic mass is 10.2. The van der Waals surface area contributed by atoms with Crippen LogP contribution in [0.2, 0.25) is 0 Å². The minimum absolute atomic E-state index is 0.149. The van der Waals surface area contributed by atoms with Gasteiger partial charge in [0, 0.05) is 21.3 Å². The Labute approximate surface area is 195 Å². The number of amides is 1. The highest BCUT2D eigenvalue weighted by Gasteiger charge is 2.13. The second-order valence-electron chi connectivity index (χ2n) is 6.90. The number of anilines is 1. The normalized spacial score (nSPS) is 11.0. The van der Waals surface area contributed by atoms with E-state index in [0.717, 1.165) is 38.1 Å². The molecule has 0 aliphatic carbocycles. The summed E-state index contributed by atoms with van der Waals surface area (Å²) in [5, 5.41) is 11.3. The average molecular weight is 506 g/mol. The molecule has 2 heterocycles. The van der Waals surface area contributed by atoms with Gasteiger partial charge in [-0.1, -0.05) is 58.0 Å². The van der Waals surface area contributed by atoms with Crippen LogP contribution in [0, 0.1) is 0 Å². The quantitative estimate of drug-likeness (QED) is 0.284. The molecule has 0 spiro atoms. The molecule has 0 fully saturated rings. The van der Waals surface area contributed by atoms with Crippen LogP contribution in [0.1, 0.15) is 0 Å². The largest absolute Gasteiger partial charge is 0.411 e. The lowest BCUT2D eigenvalue weighted by Gasteiger charge is -2.03. The van der Waals surface area contributed by atoms with Gasteiger partial charge in [0.2, 0.25) is 11.8 Å². The van der Waals surface area contributed by atoms with E-state index in [9.17, 15) is 4.79 Å². The summed E-state index contributed by atoms with van der Waals surface area (Å²) in [7, 11) is 0. The summed E-state index contributed by atoms with van der Waals surface area (Å²) in [5.41, 5.74) is 4.25. The van der Waals surface area contributed by atoms with Gasteiger partial charge in [-0.2, -0.15) is 0 Å². The van der Waals surface area contributed by atoms with E-state index in [-0.39, 0.29) is 11.7 Å². The number of nitrogens with one attached hydrogen (secondary N) is 2. The van der Waals surface area contributed by atoms with Gasteiger partial charge in [-0.15, -0.1) is 10.2 Å². The smallest absolute Gasteiger partial charge is 0.277 e. The number of benzene rings is 3. The van der Waals surface area contributed by atoms with E-state index in [1.165, 1.54) is 11.8 Å². The van der Waals surface area contributed by atoms with Crippen LogP contribution in [0.15, 0.2) is 86.9 Å². The Morgan fingerprint density at radius 3 is 2.62 bits per heavy atom. The first-order valence-electron chi connectivity index (χ1n) is 9.71. The van der Waals surface area contributed by atoms with Crippen LogP contribution in [0.25, 0.3) is 33.9 Å². The van der Waals surface area contributed by atoms with Crippen LogP contribution in [0.3, 0.4) is 0 Å². The molecule has 0 saturated carbocycles. The molecule has 0 atom stereocenters. The van der Waals surface area contributed by atoms with E-state index >= 15 is 0 Å². The Morgan fingerprint density at radius 1 is 1.00 bits per heavy atom. The van der Waals surface area contributed by atoms with Crippen LogP contribution in [-0.2, 0) is 4.79 Å². The molecule has 0 aliphatic heterocycles. The van der Waals surface area contributed by atoms with E-state index in [1.54, 1.807) is 0 Å². The first kappa shape index (κ1) is 20.5. The van der Waals surface area contributed by atoms with Gasteiger partial charge in [0.25, 0.3) is 5.22 Å². The summed E-state index contributed by atoms with van der Waals surface area (Å²) in [5.74, 6) is 1.21. The number of H-pyrrole nitrogens is 1. The van der Waals surface area contributed by atoms with Crippen molar-refractivity contribution >= 4 is 50.3 Å². The fourth-order valence-corrected chi connectivity index (χ4v) is 3.95. The number of carbonyl (C=O) groups is 1. The molecule has 2 N–H and O–H groups in total. The summed E-state index contributed by atoms with van der Waals surface area (Å²) in [6.07, 6.45) is 0. The number of imidazole rings is 1. The number of nitrogens with zero attached hydrogens (tertiary/aromatic N) is 3. The van der Waals surface area contributed by atoms with Crippen molar-refractivity contribution in [1.82, 2.24) is 20.2 Å². The van der Waals surface area contributed by atoms with E-state index in [1.807, 2.05) is 72.8 Å². The van der Waals surface area contributed by atoms with Crippen molar-refractivity contribution in [3.63, 3.8) is 0 Å². The molecule has 1 amide bonds. The molecule has 0 radical (unpaired) electrons. The lowest BCUT2D eigenvalue weighted by Crippen LogP contribution is -2.13. The van der Waals surface area contributed by atoms with E-state index < -0.39 is 0 Å². The Hall–Kier alpha value is -3.43. The minimum atomic E-state index is -0.149. The van der Waals surface area contributed by atoms with Gasteiger partial charge in [0.1, 0.15) is 5.82 Å². The van der Waals surface area contributed by atoms with Gasteiger partial charge in [-0.25, -0.2) is 4.98 Å². The van der Waals surface area contributed by atoms with Gasteiger partial charge in [-0.3, -0.25) is 4.79 Å². The third-order valence-corrected chi connectivity index (χ3v) is 5.98. The zero-order valence-electron chi connectivity index (χ0n) is 16.6. The molecule has 0 bridgehead atoms. The van der Waals surface area contributed by atoms with Gasteiger partial charge in [-0.05, 0) is 42.5 Å². The number of rotatable bonds is 6. The highest BCUT2D eigenvalue weighted by atomic mass is 79.9. The Bertz CT molecular complexity index is 1380. The minimum Gasteiger partial charge on any atom is -0.411 e. The zero-order valence-corrected chi connectivity index (χ0v) is 19.0. The maximum Gasteiger partial charge on any atom is 0.277 e. The van der Waals surface area contributed by atoms with Crippen molar-refractivity contribution in [2.75, 3.05) is 11.1 Å². The number of hydrogen-bond acceptors (Lipinski definition) is 6. The van der Waals surface area contributed by atoms with Gasteiger partial charge >= 0.3 is 0 Å². The van der Waals surface area contributed by atoms with Crippen molar-refractivity contribution < 1.29 is 9.21 Å². The lowest BCUT2D eigenvalue weighted by molar-refractivity contribution is -0.113. The molecule has 2 aromatic heterocycles. The number of halogens is 1. The van der Waals surface area contributed by atoms with Crippen LogP contribution in [0.5, 0.6) is 0 Å². The first-order chi connectivity index (χ1) is 15.6. The number of thioether (sulfide) groups is 1. The second kappa shape index (κ2) is 8.97. The fraction of sp³-hybridized carbons (Fsp3) is 0.0435. The van der Waals surface area contributed by atoms with Crippen LogP contribution in [-0.4, -0.2) is 31.8 Å². The summed E-state index contributed by atoms with van der Waals surface area (Å²) < 4.78 is 6.70. The first-order valence-corrected chi connectivity index (χ1v) is 11.5. The van der Waals surface area contributed by atoms with E-state index in [4.69, 9.17) is 4.42 Å². The van der Waals surface area contributed by atoms with Gasteiger partial charge in [0.15, 0.2) is 0 Å². The van der Waals surface area contributed by atoms with Gasteiger partial charge in [0.05, 0.1) is 16.8 Å². The molecule has 0 saturated heterocycles. The number of aromatic nitrogens is 4. The number of carbonyl (C=O) groups excluding carboxylic acids is 1. The Balaban J connectivity index is 1.26. The average Bonchev–Trinajstić information content (AvgIpc) is 3.46. The summed E-state index contributed by atoms with van der Waals surface area (Å²) in [6, 6.07) is 23.1. The molecule has 0 aliphatic rings. The van der Waals surface area contributed by atoms with Crippen molar-refractivity contribution in [3.05, 3.63) is 77.3 Å². The molecule has 9 heteroatoms. The zero-order chi connectivity index (χ0) is 21.9. The fourth-order valence-electron chi connectivity index (χ4n) is 3.12. The highest BCUT2D eigenvalue weighted by Crippen LogP contribution is 2.27. The summed E-state index contributed by atoms with van der Waals surface area (Å²) in [6.45, 7) is 0. The van der Waals surface area contributed by atoms with Crippen molar-refractivity contribution in [1.29, 1.82) is 0 Å².